The quantitative estimate of drug-likeness (QED) is 0.503. The molecule has 0 aromatic rings. The highest BCUT2D eigenvalue weighted by Gasteiger charge is 2.63. The van der Waals surface area contributed by atoms with Crippen molar-refractivity contribution in [3.05, 3.63) is 0 Å². The average molecular weight is 229 g/mol. The van der Waals surface area contributed by atoms with Gasteiger partial charge < -0.3 is 5.11 Å². The summed E-state index contributed by atoms with van der Waals surface area (Å²) in [5, 5.41) is 17.7. The van der Waals surface area contributed by atoms with E-state index < -0.39 is 23.1 Å². The van der Waals surface area contributed by atoms with Crippen molar-refractivity contribution >= 4 is 5.91 Å². The van der Waals surface area contributed by atoms with E-state index in [1.807, 2.05) is 0 Å². The molecule has 0 rings (SSSR count). The molecule has 0 aliphatic rings. The number of carbonyl (C=O) groups is 1. The maximum Gasteiger partial charge on any atom is 0.417 e. The monoisotopic (exact) mass is 229 g/mol. The van der Waals surface area contributed by atoms with Crippen LogP contribution in [0.3, 0.4) is 0 Å². The minimum Gasteiger partial charge on any atom is -0.380 e. The molecule has 0 radical (unpaired) electrons. The molecule has 2 atom stereocenters. The zero-order valence-electron chi connectivity index (χ0n) is 8.64. The van der Waals surface area contributed by atoms with E-state index in [4.69, 9.17) is 5.21 Å². The van der Waals surface area contributed by atoms with Crippen LogP contribution in [-0.2, 0) is 4.79 Å². The van der Waals surface area contributed by atoms with E-state index in [1.165, 1.54) is 6.92 Å². The largest absolute Gasteiger partial charge is 0.417 e. The summed E-state index contributed by atoms with van der Waals surface area (Å²) in [4.78, 5) is 11.1. The number of carbonyl (C=O) groups excluding carboxylic acids is 1. The third kappa shape index (κ3) is 2.07. The number of hydrogen-bond donors (Lipinski definition) is 3. The van der Waals surface area contributed by atoms with Crippen molar-refractivity contribution in [3.8, 4) is 0 Å². The lowest BCUT2D eigenvalue weighted by molar-refractivity contribution is -0.288. The van der Waals surface area contributed by atoms with Crippen LogP contribution >= 0.6 is 0 Å². The van der Waals surface area contributed by atoms with Crippen molar-refractivity contribution in [2.45, 2.75) is 39.0 Å². The van der Waals surface area contributed by atoms with E-state index in [2.05, 4.69) is 0 Å². The fraction of sp³-hybridized carbons (Fsp3) is 0.875. The summed E-state index contributed by atoms with van der Waals surface area (Å²) in [7, 11) is 0. The molecule has 90 valence electrons. The van der Waals surface area contributed by atoms with Crippen LogP contribution in [0.2, 0.25) is 0 Å². The lowest BCUT2D eigenvalue weighted by Crippen LogP contribution is -2.60. The van der Waals surface area contributed by atoms with Crippen LogP contribution in [0.5, 0.6) is 0 Å². The summed E-state index contributed by atoms with van der Waals surface area (Å²) in [6, 6.07) is 0. The minimum absolute atomic E-state index is 0.272. The third-order valence-electron chi connectivity index (χ3n) is 2.94. The average Bonchev–Trinajstić information content (AvgIpc) is 2.13. The van der Waals surface area contributed by atoms with Crippen molar-refractivity contribution in [1.29, 1.82) is 0 Å². The summed E-state index contributed by atoms with van der Waals surface area (Å²) < 4.78 is 37.5. The van der Waals surface area contributed by atoms with E-state index in [0.717, 1.165) is 12.4 Å². The summed E-state index contributed by atoms with van der Waals surface area (Å²) in [5.74, 6) is -1.27. The summed E-state index contributed by atoms with van der Waals surface area (Å²) in [6.45, 7) is 2.76. The molecule has 0 spiro atoms. The number of hydroxylamine groups is 1. The standard InChI is InChI=1S/C8H14F3NO3/c1-4-6(2,5(13)12-15)7(3,14)8(9,10)11/h14-15H,4H2,1-3H3,(H,12,13). The van der Waals surface area contributed by atoms with E-state index in [0.29, 0.717) is 6.92 Å². The van der Waals surface area contributed by atoms with Gasteiger partial charge in [0, 0.05) is 0 Å². The summed E-state index contributed by atoms with van der Waals surface area (Å²) in [5.41, 5.74) is -4.21. The van der Waals surface area contributed by atoms with Crippen LogP contribution < -0.4 is 5.48 Å². The van der Waals surface area contributed by atoms with E-state index >= 15 is 0 Å². The maximum absolute atomic E-state index is 12.5. The summed E-state index contributed by atoms with van der Waals surface area (Å²) >= 11 is 0. The predicted octanol–water partition coefficient (Wildman–Crippen LogP) is 1.22. The van der Waals surface area contributed by atoms with Gasteiger partial charge in [-0.1, -0.05) is 6.92 Å². The van der Waals surface area contributed by atoms with Crippen LogP contribution in [0.4, 0.5) is 13.2 Å². The molecule has 1 amide bonds. The number of halogens is 3. The maximum atomic E-state index is 12.5. The van der Waals surface area contributed by atoms with Gasteiger partial charge in [-0.15, -0.1) is 0 Å². The molecule has 0 heterocycles. The fourth-order valence-corrected chi connectivity index (χ4v) is 1.16. The Balaban J connectivity index is 5.38. The van der Waals surface area contributed by atoms with Gasteiger partial charge in [0.1, 0.15) is 0 Å². The van der Waals surface area contributed by atoms with Crippen molar-refractivity contribution in [1.82, 2.24) is 5.48 Å². The predicted molar refractivity (Wildman–Crippen MR) is 45.0 cm³/mol. The van der Waals surface area contributed by atoms with Gasteiger partial charge in [0.2, 0.25) is 0 Å². The molecule has 0 aliphatic heterocycles. The Hall–Kier alpha value is -0.820. The molecule has 0 bridgehead atoms. The Morgan fingerprint density at radius 3 is 1.93 bits per heavy atom. The molecule has 0 saturated carbocycles. The molecule has 2 unspecified atom stereocenters. The number of hydrogen-bond acceptors (Lipinski definition) is 3. The zero-order valence-corrected chi connectivity index (χ0v) is 8.64. The molecule has 0 aromatic heterocycles. The number of amides is 1. The Kier molecular flexibility index (Phi) is 3.76. The number of nitrogens with one attached hydrogen (secondary N) is 1. The van der Waals surface area contributed by atoms with Gasteiger partial charge >= 0.3 is 6.18 Å². The third-order valence-corrected chi connectivity index (χ3v) is 2.94. The van der Waals surface area contributed by atoms with Crippen LogP contribution in [-0.4, -0.2) is 28.0 Å². The fourth-order valence-electron chi connectivity index (χ4n) is 1.16. The number of rotatable bonds is 3. The number of aliphatic hydroxyl groups is 1. The molecule has 3 N–H and O–H groups in total. The molecule has 0 saturated heterocycles. The van der Waals surface area contributed by atoms with Gasteiger partial charge in [-0.25, -0.2) is 5.48 Å². The Bertz CT molecular complexity index is 252. The Morgan fingerprint density at radius 1 is 1.33 bits per heavy atom. The molecule has 0 aliphatic carbocycles. The van der Waals surface area contributed by atoms with Gasteiger partial charge in [0.05, 0.1) is 5.41 Å². The lowest BCUT2D eigenvalue weighted by atomic mass is 9.71. The smallest absolute Gasteiger partial charge is 0.380 e. The van der Waals surface area contributed by atoms with Crippen molar-refractivity contribution in [3.63, 3.8) is 0 Å². The van der Waals surface area contributed by atoms with Crippen LogP contribution in [0.15, 0.2) is 0 Å². The first-order valence-electron chi connectivity index (χ1n) is 4.28. The van der Waals surface area contributed by atoms with Crippen molar-refractivity contribution < 1.29 is 28.3 Å². The van der Waals surface area contributed by atoms with E-state index in [1.54, 1.807) is 0 Å². The van der Waals surface area contributed by atoms with Gasteiger partial charge in [0.25, 0.3) is 5.91 Å². The first-order chi connectivity index (χ1) is 6.54. The molecule has 7 heteroatoms. The Morgan fingerprint density at radius 2 is 1.73 bits per heavy atom. The van der Waals surface area contributed by atoms with E-state index in [-0.39, 0.29) is 6.42 Å². The van der Waals surface area contributed by atoms with Crippen molar-refractivity contribution in [2.24, 2.45) is 5.41 Å². The topological polar surface area (TPSA) is 69.6 Å². The number of alkyl halides is 3. The normalized spacial score (nSPS) is 20.3. The molecule has 0 aromatic carbocycles. The van der Waals surface area contributed by atoms with Crippen LogP contribution in [0.25, 0.3) is 0 Å². The second kappa shape index (κ2) is 3.97. The van der Waals surface area contributed by atoms with Gasteiger partial charge in [-0.3, -0.25) is 10.0 Å². The van der Waals surface area contributed by atoms with Gasteiger partial charge in [-0.05, 0) is 20.3 Å². The van der Waals surface area contributed by atoms with Crippen LogP contribution in [0.1, 0.15) is 27.2 Å². The van der Waals surface area contributed by atoms with E-state index in [9.17, 15) is 23.1 Å². The molecular weight excluding hydrogens is 215 g/mol. The van der Waals surface area contributed by atoms with Crippen LogP contribution in [0, 0.1) is 5.41 Å². The second-order valence-corrected chi connectivity index (χ2v) is 3.70. The summed E-state index contributed by atoms with van der Waals surface area (Å²) in [6.07, 6.45) is -5.23. The molecular formula is C8H14F3NO3. The SMILES string of the molecule is CCC(C)(C(=O)NO)C(C)(O)C(F)(F)F. The minimum atomic E-state index is -4.95. The highest BCUT2D eigenvalue weighted by atomic mass is 19.4. The Labute approximate surface area is 85.0 Å². The first-order valence-corrected chi connectivity index (χ1v) is 4.28. The van der Waals surface area contributed by atoms with Gasteiger partial charge in [-0.2, -0.15) is 13.2 Å². The lowest BCUT2D eigenvalue weighted by Gasteiger charge is -2.41. The zero-order chi connectivity index (χ0) is 12.5. The second-order valence-electron chi connectivity index (χ2n) is 3.70. The highest BCUT2D eigenvalue weighted by molar-refractivity contribution is 5.82. The molecule has 0 fully saturated rings. The van der Waals surface area contributed by atoms with Gasteiger partial charge in [0.15, 0.2) is 5.60 Å². The molecule has 4 nitrogen and oxygen atoms in total. The first kappa shape index (κ1) is 14.2. The van der Waals surface area contributed by atoms with Crippen molar-refractivity contribution in [2.75, 3.05) is 0 Å². The highest BCUT2D eigenvalue weighted by Crippen LogP contribution is 2.45. The molecule has 15 heavy (non-hydrogen) atoms.